The zero-order valence-corrected chi connectivity index (χ0v) is 17.6. The Kier molecular flexibility index (Phi) is 7.80. The van der Waals surface area contributed by atoms with E-state index in [0.717, 1.165) is 24.3 Å². The average Bonchev–Trinajstić information content (AvgIpc) is 2.77. The number of nitrogens with one attached hydrogen (secondary N) is 2. The number of ether oxygens (including phenoxy) is 2. The van der Waals surface area contributed by atoms with Crippen LogP contribution in [0, 0.1) is 0 Å². The molecule has 0 heterocycles. The molecule has 3 aromatic rings. The van der Waals surface area contributed by atoms with Crippen molar-refractivity contribution in [3.8, 4) is 11.5 Å². The average molecular weight is 421 g/mol. The molecule has 0 bridgehead atoms. The first-order chi connectivity index (χ1) is 14.6. The summed E-state index contributed by atoms with van der Waals surface area (Å²) in [4.78, 5) is 12.3. The van der Waals surface area contributed by atoms with Crippen LogP contribution in [0.1, 0.15) is 22.3 Å². The van der Waals surface area contributed by atoms with E-state index < -0.39 is 0 Å². The molecule has 154 valence electrons. The molecule has 0 aliphatic rings. The fraction of sp³-hybridized carbons (Fsp3) is 0.167. The predicted octanol–water partition coefficient (Wildman–Crippen LogP) is 4.83. The first-order valence-corrected chi connectivity index (χ1v) is 10.1. The molecule has 3 rings (SSSR count). The monoisotopic (exact) mass is 420 g/mol. The molecule has 6 heteroatoms. The number of aryl methyl sites for hydroxylation is 1. The van der Waals surface area contributed by atoms with Crippen molar-refractivity contribution in [3.63, 3.8) is 0 Å². The van der Waals surface area contributed by atoms with Gasteiger partial charge in [0.05, 0.1) is 13.7 Å². The predicted molar refractivity (Wildman–Crippen MR) is 123 cm³/mol. The third-order valence-electron chi connectivity index (χ3n) is 4.39. The molecule has 0 saturated heterocycles. The van der Waals surface area contributed by atoms with Gasteiger partial charge in [-0.15, -0.1) is 0 Å². The number of methoxy groups -OCH3 is 1. The van der Waals surface area contributed by atoms with Gasteiger partial charge >= 0.3 is 0 Å². The van der Waals surface area contributed by atoms with Crippen LogP contribution >= 0.6 is 12.2 Å². The fourth-order valence-corrected chi connectivity index (χ4v) is 3.07. The summed E-state index contributed by atoms with van der Waals surface area (Å²) in [5.41, 5.74) is 2.54. The van der Waals surface area contributed by atoms with E-state index in [1.807, 2.05) is 42.5 Å². The van der Waals surface area contributed by atoms with E-state index in [1.165, 1.54) is 5.56 Å². The van der Waals surface area contributed by atoms with Crippen molar-refractivity contribution in [3.05, 3.63) is 90.0 Å². The summed E-state index contributed by atoms with van der Waals surface area (Å²) < 4.78 is 10.9. The number of anilines is 1. The number of carbonyl (C=O) groups is 1. The van der Waals surface area contributed by atoms with Gasteiger partial charge in [0.2, 0.25) is 0 Å². The molecule has 5 nitrogen and oxygen atoms in total. The second-order valence-corrected chi connectivity index (χ2v) is 7.01. The SMILES string of the molecule is COc1ccc(C(=O)NC(=S)Nc2cccc(OCCCc3ccccc3)c2)cc1. The normalized spacial score (nSPS) is 10.2. The lowest BCUT2D eigenvalue weighted by molar-refractivity contribution is 0.0977. The molecule has 1 amide bonds. The molecule has 3 aromatic carbocycles. The standard InChI is InChI=1S/C24H24N2O3S/c1-28-21-14-12-19(13-15-21)23(27)26-24(30)25-20-10-5-11-22(17-20)29-16-6-9-18-7-3-2-4-8-18/h2-5,7-8,10-15,17H,6,9,16H2,1H3,(H2,25,26,27,30). The van der Waals surface area contributed by atoms with Crippen molar-refractivity contribution in [2.24, 2.45) is 0 Å². The summed E-state index contributed by atoms with van der Waals surface area (Å²) in [7, 11) is 1.58. The lowest BCUT2D eigenvalue weighted by Gasteiger charge is -2.12. The van der Waals surface area contributed by atoms with Crippen LogP contribution in [0.15, 0.2) is 78.9 Å². The first kappa shape index (κ1) is 21.3. The van der Waals surface area contributed by atoms with Crippen LogP contribution < -0.4 is 20.1 Å². The second kappa shape index (κ2) is 11.0. The van der Waals surface area contributed by atoms with Gasteiger partial charge in [-0.1, -0.05) is 36.4 Å². The summed E-state index contributed by atoms with van der Waals surface area (Å²) in [5, 5.41) is 5.91. The van der Waals surface area contributed by atoms with Crippen molar-refractivity contribution in [2.45, 2.75) is 12.8 Å². The largest absolute Gasteiger partial charge is 0.497 e. The van der Waals surface area contributed by atoms with Gasteiger partial charge in [0.25, 0.3) is 5.91 Å². The van der Waals surface area contributed by atoms with Crippen LogP contribution in [0.5, 0.6) is 11.5 Å². The molecule has 0 aliphatic carbocycles. The lowest BCUT2D eigenvalue weighted by atomic mass is 10.1. The van der Waals surface area contributed by atoms with Gasteiger partial charge in [0, 0.05) is 17.3 Å². The molecule has 0 spiro atoms. The highest BCUT2D eigenvalue weighted by Crippen LogP contribution is 2.18. The lowest BCUT2D eigenvalue weighted by Crippen LogP contribution is -2.34. The van der Waals surface area contributed by atoms with Crippen molar-refractivity contribution in [2.75, 3.05) is 19.0 Å². The Bertz CT molecular complexity index is 975. The van der Waals surface area contributed by atoms with Gasteiger partial charge < -0.3 is 14.8 Å². The topological polar surface area (TPSA) is 59.6 Å². The number of rotatable bonds is 8. The van der Waals surface area contributed by atoms with Crippen LogP contribution in [0.4, 0.5) is 5.69 Å². The molecule has 0 aromatic heterocycles. The van der Waals surface area contributed by atoms with Crippen LogP contribution in [-0.2, 0) is 6.42 Å². The minimum absolute atomic E-state index is 0.219. The Morgan fingerprint density at radius 3 is 2.43 bits per heavy atom. The Labute approximate surface area is 182 Å². The molecular weight excluding hydrogens is 396 g/mol. The molecule has 0 fully saturated rings. The van der Waals surface area contributed by atoms with Crippen molar-refractivity contribution < 1.29 is 14.3 Å². The number of amides is 1. The third kappa shape index (κ3) is 6.60. The molecule has 0 saturated carbocycles. The minimum atomic E-state index is -0.288. The minimum Gasteiger partial charge on any atom is -0.497 e. The van der Waals surface area contributed by atoms with Crippen LogP contribution in [-0.4, -0.2) is 24.7 Å². The Morgan fingerprint density at radius 1 is 0.933 bits per heavy atom. The third-order valence-corrected chi connectivity index (χ3v) is 4.60. The molecule has 2 N–H and O–H groups in total. The molecule has 0 aliphatic heterocycles. The Hall–Kier alpha value is -3.38. The van der Waals surface area contributed by atoms with Gasteiger partial charge in [-0.3, -0.25) is 10.1 Å². The highest BCUT2D eigenvalue weighted by Gasteiger charge is 2.08. The maximum Gasteiger partial charge on any atom is 0.257 e. The summed E-state index contributed by atoms with van der Waals surface area (Å²) in [6.45, 7) is 0.622. The smallest absolute Gasteiger partial charge is 0.257 e. The zero-order chi connectivity index (χ0) is 21.2. The van der Waals surface area contributed by atoms with E-state index in [2.05, 4.69) is 22.8 Å². The fourth-order valence-electron chi connectivity index (χ4n) is 2.85. The molecular formula is C24H24N2O3S. The maximum atomic E-state index is 12.3. The zero-order valence-electron chi connectivity index (χ0n) is 16.8. The maximum absolute atomic E-state index is 12.3. The van der Waals surface area contributed by atoms with Crippen molar-refractivity contribution in [1.29, 1.82) is 0 Å². The molecule has 30 heavy (non-hydrogen) atoms. The summed E-state index contributed by atoms with van der Waals surface area (Å²) in [6, 6.07) is 24.6. The molecule has 0 unspecified atom stereocenters. The number of thiocarbonyl (C=S) groups is 1. The van der Waals surface area contributed by atoms with Gasteiger partial charge in [0.1, 0.15) is 11.5 Å². The highest BCUT2D eigenvalue weighted by molar-refractivity contribution is 7.80. The van der Waals surface area contributed by atoms with Gasteiger partial charge in [-0.2, -0.15) is 0 Å². The van der Waals surface area contributed by atoms with Crippen LogP contribution in [0.25, 0.3) is 0 Å². The van der Waals surface area contributed by atoms with Gasteiger partial charge in [-0.05, 0) is 67.0 Å². The molecule has 0 atom stereocenters. The van der Waals surface area contributed by atoms with Gasteiger partial charge in [-0.25, -0.2) is 0 Å². The van der Waals surface area contributed by atoms with Crippen LogP contribution in [0.2, 0.25) is 0 Å². The Balaban J connectivity index is 1.46. The number of carbonyl (C=O) groups excluding carboxylic acids is 1. The van der Waals surface area contributed by atoms with E-state index in [9.17, 15) is 4.79 Å². The second-order valence-electron chi connectivity index (χ2n) is 6.60. The number of hydrogen-bond acceptors (Lipinski definition) is 4. The van der Waals surface area contributed by atoms with E-state index in [1.54, 1.807) is 31.4 Å². The van der Waals surface area contributed by atoms with E-state index >= 15 is 0 Å². The summed E-state index contributed by atoms with van der Waals surface area (Å²) in [5.74, 6) is 1.15. The van der Waals surface area contributed by atoms with Gasteiger partial charge in [0.15, 0.2) is 5.11 Å². The first-order valence-electron chi connectivity index (χ1n) is 9.67. The number of hydrogen-bond donors (Lipinski definition) is 2. The highest BCUT2D eigenvalue weighted by atomic mass is 32.1. The van der Waals surface area contributed by atoms with E-state index in [-0.39, 0.29) is 11.0 Å². The quantitative estimate of drug-likeness (QED) is 0.404. The summed E-state index contributed by atoms with van der Waals surface area (Å²) in [6.07, 6.45) is 1.90. The van der Waals surface area contributed by atoms with Crippen LogP contribution in [0.3, 0.4) is 0 Å². The Morgan fingerprint density at radius 2 is 1.70 bits per heavy atom. The van der Waals surface area contributed by atoms with Crippen molar-refractivity contribution >= 4 is 28.9 Å². The van der Waals surface area contributed by atoms with E-state index in [0.29, 0.717) is 17.9 Å². The molecule has 0 radical (unpaired) electrons. The van der Waals surface area contributed by atoms with Crippen molar-refractivity contribution in [1.82, 2.24) is 5.32 Å². The number of benzene rings is 3. The van der Waals surface area contributed by atoms with E-state index in [4.69, 9.17) is 21.7 Å². The summed E-state index contributed by atoms with van der Waals surface area (Å²) >= 11 is 5.26.